The van der Waals surface area contributed by atoms with Crippen molar-refractivity contribution in [3.63, 3.8) is 0 Å². The van der Waals surface area contributed by atoms with Gasteiger partial charge in [-0.1, -0.05) is 54.4 Å². The molecule has 9 aliphatic rings. The van der Waals surface area contributed by atoms with Gasteiger partial charge in [-0.3, -0.25) is 9.59 Å². The van der Waals surface area contributed by atoms with Crippen LogP contribution in [0.15, 0.2) is 0 Å². The summed E-state index contributed by atoms with van der Waals surface area (Å²) in [6.07, 6.45) is 12.0. The van der Waals surface area contributed by atoms with E-state index >= 15 is 0 Å². The zero-order valence-corrected chi connectivity index (χ0v) is 32.4. The molecule has 0 radical (unpaired) electrons. The Kier molecular flexibility index (Phi) is 8.33. The minimum Gasteiger partial charge on any atom is -0.435 e. The lowest BCUT2D eigenvalue weighted by Crippen LogP contribution is -2.66. The molecule has 5 unspecified atom stereocenters. The van der Waals surface area contributed by atoms with Gasteiger partial charge in [-0.15, -0.1) is 0 Å². The lowest BCUT2D eigenvalue weighted by molar-refractivity contribution is -0.241. The van der Waals surface area contributed by atoms with E-state index in [1.165, 1.54) is 32.6 Å². The summed E-state index contributed by atoms with van der Waals surface area (Å²) in [7, 11) is 0. The van der Waals surface area contributed by atoms with Crippen molar-refractivity contribution >= 4 is 24.2 Å². The number of fused-ring (bicyclic) bond motifs is 7. The first kappa shape index (κ1) is 36.9. The summed E-state index contributed by atoms with van der Waals surface area (Å²) in [5.74, 6) is -0.585. The fourth-order valence-corrected chi connectivity index (χ4v) is 16.1. The Morgan fingerprint density at radius 3 is 1.98 bits per heavy atom. The van der Waals surface area contributed by atoms with Gasteiger partial charge in [0.1, 0.15) is 6.29 Å². The summed E-state index contributed by atoms with van der Waals surface area (Å²) in [6.45, 7) is 15.5. The first-order valence-electron chi connectivity index (χ1n) is 20.4. The Hall–Kier alpha value is -2.04. The normalized spacial score (nSPS) is 53.2. The average molecular weight is 727 g/mol. The van der Waals surface area contributed by atoms with Crippen molar-refractivity contribution in [2.45, 2.75) is 163 Å². The van der Waals surface area contributed by atoms with Gasteiger partial charge in [0, 0.05) is 23.7 Å². The molecule has 0 aromatic heterocycles. The van der Waals surface area contributed by atoms with E-state index < -0.39 is 47.7 Å². The van der Waals surface area contributed by atoms with Gasteiger partial charge < -0.3 is 34.0 Å². The summed E-state index contributed by atoms with van der Waals surface area (Å²) in [4.78, 5) is 49.1. The van der Waals surface area contributed by atoms with Crippen LogP contribution < -0.4 is 0 Å². The highest BCUT2D eigenvalue weighted by molar-refractivity contribution is 5.84. The molecule has 6 saturated carbocycles. The molecule has 0 aromatic rings. The molecule has 9 fully saturated rings. The number of carbonyl (C=O) groups excluding carboxylic acids is 4. The van der Waals surface area contributed by atoms with E-state index in [2.05, 4.69) is 41.5 Å². The van der Waals surface area contributed by atoms with Gasteiger partial charge in [-0.05, 0) is 122 Å². The minimum absolute atomic E-state index is 0.0358. The quantitative estimate of drug-likeness (QED) is 0.240. The van der Waals surface area contributed by atoms with Crippen molar-refractivity contribution in [2.75, 3.05) is 0 Å². The van der Waals surface area contributed by atoms with Crippen LogP contribution in [0.25, 0.3) is 0 Å². The van der Waals surface area contributed by atoms with E-state index in [4.69, 9.17) is 18.9 Å². The lowest BCUT2D eigenvalue weighted by Gasteiger charge is -2.65. The van der Waals surface area contributed by atoms with Gasteiger partial charge in [0.2, 0.25) is 6.29 Å². The molecule has 3 saturated heterocycles. The largest absolute Gasteiger partial charge is 0.435 e. The molecule has 0 amide bonds. The third kappa shape index (κ3) is 4.70. The van der Waals surface area contributed by atoms with Gasteiger partial charge in [-0.25, -0.2) is 4.79 Å². The molecule has 0 bridgehead atoms. The Labute approximate surface area is 308 Å². The zero-order valence-electron chi connectivity index (χ0n) is 32.4. The molecule has 9 rings (SSSR count). The maximum Gasteiger partial charge on any atom is 0.341 e. The summed E-state index contributed by atoms with van der Waals surface area (Å²) in [5.41, 5.74) is -2.17. The summed E-state index contributed by atoms with van der Waals surface area (Å²) >= 11 is 0. The molecule has 2 N–H and O–H groups in total. The second-order valence-corrected chi connectivity index (χ2v) is 20.7. The monoisotopic (exact) mass is 726 g/mol. The van der Waals surface area contributed by atoms with E-state index in [9.17, 15) is 29.4 Å². The van der Waals surface area contributed by atoms with Crippen LogP contribution in [0.2, 0.25) is 0 Å². The van der Waals surface area contributed by atoms with Crippen LogP contribution in [0.4, 0.5) is 0 Å². The van der Waals surface area contributed by atoms with Crippen LogP contribution in [-0.4, -0.2) is 58.9 Å². The second-order valence-electron chi connectivity index (χ2n) is 20.7. The predicted octanol–water partition coefficient (Wildman–Crippen LogP) is 6.47. The summed E-state index contributed by atoms with van der Waals surface area (Å²) < 4.78 is 21.9. The molecule has 10 nitrogen and oxygen atoms in total. The lowest BCUT2D eigenvalue weighted by atomic mass is 9.38. The van der Waals surface area contributed by atoms with Crippen LogP contribution >= 0.6 is 0 Å². The van der Waals surface area contributed by atoms with E-state index in [0.717, 1.165) is 51.2 Å². The number of carbonyl (C=O) groups is 4. The average Bonchev–Trinajstić information content (AvgIpc) is 3.62. The van der Waals surface area contributed by atoms with Gasteiger partial charge in [-0.2, -0.15) is 0 Å². The Balaban J connectivity index is 0.000000150. The molecule has 6 aliphatic carbocycles. The highest BCUT2D eigenvalue weighted by atomic mass is 16.8. The molecule has 1 spiro atoms. The molecular formula is C42H62O10. The fourth-order valence-electron chi connectivity index (χ4n) is 16.1. The standard InChI is InChI=1S/C22H32O6.C20H30O4/c1-13(24)27-17-16-21(12-23)10-6-14-19(2,3)8-5-9-20(14,4)15(21)7-11-22(16,26)18(25)28-17;1-18(2)8-4-9-19(3)12(18)7-10-20-13(19)6-5-11-14(20)16(23-15(11)21)24-17(20)22/h12,14-17,26H,5-11H2,1-4H3;11-14,16-17,22H,4-10H2,1-3H3/t14-,15?,16-,17-,20-,21-,22-;11?,12-,13?,14-,16?,17+,19-,20?/m00/s1. The van der Waals surface area contributed by atoms with Crippen LogP contribution in [0.3, 0.4) is 0 Å². The number of aldehydes is 1. The Bertz CT molecular complexity index is 1520. The SMILES string of the molecule is CC(=O)O[C@H]1OC(=O)[C@]2(O)CCC3[C@@]4(C)CCCC(C)(C)[C@@H]4CC[C@@]3(C=O)[C@H]12.CC1(C)CCC[C@]2(C)C3CCC4C(=O)OC5O[C@@H](O)C3(CC[C@@H]12)[C@H]54. The topological polar surface area (TPSA) is 146 Å². The Morgan fingerprint density at radius 2 is 1.37 bits per heavy atom. The minimum atomic E-state index is -1.76. The van der Waals surface area contributed by atoms with E-state index in [0.29, 0.717) is 36.0 Å². The number of aliphatic hydroxyl groups excluding tert-OH is 1. The van der Waals surface area contributed by atoms with Gasteiger partial charge in [0.15, 0.2) is 11.9 Å². The molecule has 3 aliphatic heterocycles. The molecule has 3 heterocycles. The van der Waals surface area contributed by atoms with Gasteiger partial charge in [0.25, 0.3) is 6.29 Å². The van der Waals surface area contributed by atoms with Crippen molar-refractivity contribution in [3.8, 4) is 0 Å². The van der Waals surface area contributed by atoms with Crippen LogP contribution in [0.5, 0.6) is 0 Å². The third-order valence-corrected chi connectivity index (χ3v) is 17.8. The number of hydrogen-bond donors (Lipinski definition) is 2. The Morgan fingerprint density at radius 1 is 0.769 bits per heavy atom. The molecular weight excluding hydrogens is 664 g/mol. The zero-order chi connectivity index (χ0) is 37.4. The van der Waals surface area contributed by atoms with Crippen molar-refractivity contribution < 1.29 is 48.3 Å². The van der Waals surface area contributed by atoms with E-state index in [-0.39, 0.29) is 51.8 Å². The van der Waals surface area contributed by atoms with Gasteiger partial charge in [0.05, 0.1) is 11.8 Å². The number of cyclic esters (lactones) is 1. The van der Waals surface area contributed by atoms with Gasteiger partial charge >= 0.3 is 17.9 Å². The van der Waals surface area contributed by atoms with Crippen molar-refractivity contribution in [2.24, 2.45) is 73.9 Å². The molecule has 15 atom stereocenters. The maximum atomic E-state index is 12.7. The third-order valence-electron chi connectivity index (χ3n) is 17.8. The smallest absolute Gasteiger partial charge is 0.341 e. The van der Waals surface area contributed by atoms with Crippen molar-refractivity contribution in [3.05, 3.63) is 0 Å². The first-order chi connectivity index (χ1) is 24.3. The van der Waals surface area contributed by atoms with Crippen molar-refractivity contribution in [1.82, 2.24) is 0 Å². The highest BCUT2D eigenvalue weighted by Gasteiger charge is 2.76. The first-order valence-corrected chi connectivity index (χ1v) is 20.4. The summed E-state index contributed by atoms with van der Waals surface area (Å²) in [5, 5.41) is 22.2. The molecule has 0 aromatic carbocycles. The molecule has 10 heteroatoms. The van der Waals surface area contributed by atoms with E-state index in [1.807, 2.05) is 0 Å². The number of hydrogen-bond acceptors (Lipinski definition) is 10. The van der Waals surface area contributed by atoms with Crippen molar-refractivity contribution in [1.29, 1.82) is 0 Å². The number of rotatable bonds is 2. The number of esters is 3. The maximum absolute atomic E-state index is 12.7. The van der Waals surface area contributed by atoms with Crippen LogP contribution in [-0.2, 0) is 38.1 Å². The highest BCUT2D eigenvalue weighted by Crippen LogP contribution is 2.74. The van der Waals surface area contributed by atoms with Crippen LogP contribution in [0, 0.1) is 73.9 Å². The second kappa shape index (κ2) is 11.7. The number of aliphatic hydroxyl groups is 2. The fraction of sp³-hybridized carbons (Fsp3) is 0.905. The molecule has 52 heavy (non-hydrogen) atoms. The van der Waals surface area contributed by atoms with Crippen LogP contribution in [0.1, 0.15) is 138 Å². The summed E-state index contributed by atoms with van der Waals surface area (Å²) in [6, 6.07) is 0. The number of ether oxygens (including phenoxy) is 4. The van der Waals surface area contributed by atoms with E-state index in [1.54, 1.807) is 0 Å². The predicted molar refractivity (Wildman–Crippen MR) is 187 cm³/mol. The molecule has 290 valence electrons.